The minimum Gasteiger partial charge on any atom is -0.497 e. The molecule has 0 bridgehead atoms. The lowest BCUT2D eigenvalue weighted by Crippen LogP contribution is -2.13. The quantitative estimate of drug-likeness (QED) is 0.594. The summed E-state index contributed by atoms with van der Waals surface area (Å²) in [5, 5.41) is 0. The van der Waals surface area contributed by atoms with Crippen molar-refractivity contribution in [3.63, 3.8) is 0 Å². The van der Waals surface area contributed by atoms with Crippen molar-refractivity contribution >= 4 is 0 Å². The molecule has 2 unspecified atom stereocenters. The molecule has 0 aromatic carbocycles. The van der Waals surface area contributed by atoms with Crippen LogP contribution in [0.3, 0.4) is 0 Å². The van der Waals surface area contributed by atoms with E-state index in [0.29, 0.717) is 11.8 Å². The molecule has 0 aromatic rings. The maximum Gasteiger partial charge on any atom is 0.115 e. The number of allylic oxidation sites excluding steroid dienone is 7. The Hall–Kier alpha value is -1.24. The van der Waals surface area contributed by atoms with Gasteiger partial charge < -0.3 is 4.74 Å². The molecule has 68 valence electrons. The summed E-state index contributed by atoms with van der Waals surface area (Å²) in [5.74, 6) is 1.99. The van der Waals surface area contributed by atoms with Crippen LogP contribution in [-0.2, 0) is 4.74 Å². The third-order valence-corrected chi connectivity index (χ3v) is 2.56. The smallest absolute Gasteiger partial charge is 0.115 e. The predicted octanol–water partition coefficient (Wildman–Crippen LogP) is 2.84. The number of hydrogen-bond acceptors (Lipinski definition) is 1. The fourth-order valence-electron chi connectivity index (χ4n) is 1.80. The molecule has 13 heavy (non-hydrogen) atoms. The Morgan fingerprint density at radius 1 is 1.08 bits per heavy atom. The molecule has 0 saturated heterocycles. The zero-order valence-corrected chi connectivity index (χ0v) is 8.03. The molecule has 2 atom stereocenters. The van der Waals surface area contributed by atoms with Crippen LogP contribution >= 0.6 is 0 Å². The highest BCUT2D eigenvalue weighted by Crippen LogP contribution is 2.29. The second-order valence-corrected chi connectivity index (χ2v) is 3.56. The van der Waals surface area contributed by atoms with E-state index in [4.69, 9.17) is 4.74 Å². The molecule has 2 aliphatic rings. The Morgan fingerprint density at radius 2 is 1.77 bits per heavy atom. The van der Waals surface area contributed by atoms with Crippen molar-refractivity contribution in [1.82, 2.24) is 0 Å². The molecule has 2 aliphatic carbocycles. The lowest BCUT2D eigenvalue weighted by molar-refractivity contribution is 0.299. The topological polar surface area (TPSA) is 9.23 Å². The average Bonchev–Trinajstić information content (AvgIpc) is 2.17. The number of rotatable bonds is 1. The summed E-state index contributed by atoms with van der Waals surface area (Å²) < 4.78 is 5.19. The first kappa shape index (κ1) is 8.36. The van der Waals surface area contributed by atoms with Gasteiger partial charge in [0.2, 0.25) is 0 Å². The highest BCUT2D eigenvalue weighted by Gasteiger charge is 2.19. The Kier molecular flexibility index (Phi) is 2.09. The average molecular weight is 174 g/mol. The Labute approximate surface area is 79.1 Å². The molecule has 0 spiro atoms. The van der Waals surface area contributed by atoms with Crippen LogP contribution < -0.4 is 0 Å². The largest absolute Gasteiger partial charge is 0.497 e. The van der Waals surface area contributed by atoms with Gasteiger partial charge in [-0.2, -0.15) is 0 Å². The molecule has 1 heteroatoms. The molecule has 0 aliphatic heterocycles. The SMILES string of the molecule is COC1=CC2C=CC(C)=CC2C=C1. The van der Waals surface area contributed by atoms with Crippen LogP contribution in [0, 0.1) is 11.8 Å². The van der Waals surface area contributed by atoms with E-state index in [1.54, 1.807) is 7.11 Å². The summed E-state index contributed by atoms with van der Waals surface area (Å²) in [5.41, 5.74) is 1.35. The van der Waals surface area contributed by atoms with Crippen molar-refractivity contribution in [2.45, 2.75) is 6.92 Å². The fourth-order valence-corrected chi connectivity index (χ4v) is 1.80. The zero-order valence-electron chi connectivity index (χ0n) is 8.03. The first-order valence-electron chi connectivity index (χ1n) is 4.60. The minimum absolute atomic E-state index is 0.489. The van der Waals surface area contributed by atoms with E-state index >= 15 is 0 Å². The van der Waals surface area contributed by atoms with Gasteiger partial charge in [-0.1, -0.05) is 29.9 Å². The lowest BCUT2D eigenvalue weighted by atomic mass is 9.83. The lowest BCUT2D eigenvalue weighted by Gasteiger charge is -2.23. The summed E-state index contributed by atoms with van der Waals surface area (Å²) in [6.07, 6.45) is 13.1. The van der Waals surface area contributed by atoms with E-state index in [9.17, 15) is 0 Å². The number of ether oxygens (including phenoxy) is 1. The van der Waals surface area contributed by atoms with Gasteiger partial charge in [0, 0.05) is 11.8 Å². The van der Waals surface area contributed by atoms with Crippen molar-refractivity contribution in [2.24, 2.45) is 11.8 Å². The van der Waals surface area contributed by atoms with Gasteiger partial charge in [-0.25, -0.2) is 0 Å². The van der Waals surface area contributed by atoms with Crippen molar-refractivity contribution in [2.75, 3.05) is 7.11 Å². The Morgan fingerprint density at radius 3 is 2.54 bits per heavy atom. The van der Waals surface area contributed by atoms with Crippen LogP contribution in [0.2, 0.25) is 0 Å². The third kappa shape index (κ3) is 1.59. The van der Waals surface area contributed by atoms with Crippen LogP contribution in [0.25, 0.3) is 0 Å². The fraction of sp³-hybridized carbons (Fsp3) is 0.333. The number of fused-ring (bicyclic) bond motifs is 1. The molecule has 0 saturated carbocycles. The first-order valence-corrected chi connectivity index (χ1v) is 4.60. The minimum atomic E-state index is 0.489. The van der Waals surface area contributed by atoms with Crippen molar-refractivity contribution in [1.29, 1.82) is 0 Å². The van der Waals surface area contributed by atoms with Gasteiger partial charge >= 0.3 is 0 Å². The van der Waals surface area contributed by atoms with Gasteiger partial charge in [-0.3, -0.25) is 0 Å². The second-order valence-electron chi connectivity index (χ2n) is 3.56. The standard InChI is InChI=1S/C12H14O/c1-9-3-4-11-8-12(13-2)6-5-10(11)7-9/h3-8,10-11H,1-2H3. The second kappa shape index (κ2) is 3.25. The van der Waals surface area contributed by atoms with Crippen LogP contribution in [0.4, 0.5) is 0 Å². The van der Waals surface area contributed by atoms with Crippen LogP contribution in [-0.4, -0.2) is 7.11 Å². The molecule has 2 rings (SSSR count). The molecular weight excluding hydrogens is 160 g/mol. The summed E-state index contributed by atoms with van der Waals surface area (Å²) in [6, 6.07) is 0. The van der Waals surface area contributed by atoms with Crippen molar-refractivity contribution in [3.05, 3.63) is 47.8 Å². The first-order chi connectivity index (χ1) is 6.29. The van der Waals surface area contributed by atoms with Gasteiger partial charge in [-0.15, -0.1) is 0 Å². The van der Waals surface area contributed by atoms with Crippen LogP contribution in [0.1, 0.15) is 6.92 Å². The van der Waals surface area contributed by atoms with E-state index in [1.165, 1.54) is 5.57 Å². The molecule has 0 aromatic heterocycles. The molecule has 0 fully saturated rings. The molecule has 0 amide bonds. The molecular formula is C12H14O. The zero-order chi connectivity index (χ0) is 9.26. The Bertz CT molecular complexity index is 318. The van der Waals surface area contributed by atoms with E-state index in [-0.39, 0.29) is 0 Å². The van der Waals surface area contributed by atoms with Gasteiger partial charge in [0.05, 0.1) is 7.11 Å². The highest BCUT2D eigenvalue weighted by molar-refractivity contribution is 5.34. The maximum atomic E-state index is 5.19. The van der Waals surface area contributed by atoms with Crippen molar-refractivity contribution in [3.8, 4) is 0 Å². The molecule has 0 heterocycles. The van der Waals surface area contributed by atoms with Crippen LogP contribution in [0.5, 0.6) is 0 Å². The third-order valence-electron chi connectivity index (χ3n) is 2.56. The molecule has 1 nitrogen and oxygen atoms in total. The van der Waals surface area contributed by atoms with E-state index in [0.717, 1.165) is 5.76 Å². The van der Waals surface area contributed by atoms with E-state index in [1.807, 2.05) is 6.08 Å². The predicted molar refractivity (Wildman–Crippen MR) is 54.1 cm³/mol. The molecule has 0 N–H and O–H groups in total. The summed E-state index contributed by atoms with van der Waals surface area (Å²) >= 11 is 0. The van der Waals surface area contributed by atoms with Gasteiger partial charge in [0.25, 0.3) is 0 Å². The molecule has 0 radical (unpaired) electrons. The van der Waals surface area contributed by atoms with E-state index in [2.05, 4.69) is 37.3 Å². The summed E-state index contributed by atoms with van der Waals surface area (Å²) in [7, 11) is 1.71. The van der Waals surface area contributed by atoms with Gasteiger partial charge in [-0.05, 0) is 19.1 Å². The monoisotopic (exact) mass is 174 g/mol. The summed E-state index contributed by atoms with van der Waals surface area (Å²) in [4.78, 5) is 0. The highest BCUT2D eigenvalue weighted by atomic mass is 16.5. The number of methoxy groups -OCH3 is 1. The summed E-state index contributed by atoms with van der Waals surface area (Å²) in [6.45, 7) is 2.14. The van der Waals surface area contributed by atoms with Crippen molar-refractivity contribution < 1.29 is 4.74 Å². The maximum absolute atomic E-state index is 5.19. The Balaban J connectivity index is 2.23. The van der Waals surface area contributed by atoms with E-state index < -0.39 is 0 Å². The number of hydrogen-bond donors (Lipinski definition) is 0. The van der Waals surface area contributed by atoms with Crippen LogP contribution in [0.15, 0.2) is 47.8 Å². The van der Waals surface area contributed by atoms with Gasteiger partial charge in [0.1, 0.15) is 5.76 Å². The normalized spacial score (nSPS) is 30.6. The van der Waals surface area contributed by atoms with Gasteiger partial charge in [0.15, 0.2) is 0 Å².